The first-order valence-corrected chi connectivity index (χ1v) is 12.7. The molecule has 2 amide bonds. The highest BCUT2D eigenvalue weighted by Crippen LogP contribution is 2.28. The molecule has 0 aliphatic carbocycles. The molecular weight excluding hydrogens is 422 g/mol. The van der Waals surface area contributed by atoms with Crippen LogP contribution in [0.5, 0.6) is 0 Å². The highest BCUT2D eigenvalue weighted by molar-refractivity contribution is 7.99. The second-order valence-electron chi connectivity index (χ2n) is 9.16. The molecule has 1 heterocycles. The number of nitrogens with one attached hydrogen (secondary N) is 1. The fourth-order valence-corrected chi connectivity index (χ4v) is 5.43. The first kappa shape index (κ1) is 26.6. The molecule has 1 aromatic rings. The third-order valence-electron chi connectivity index (χ3n) is 6.09. The van der Waals surface area contributed by atoms with Crippen LogP contribution in [-0.2, 0) is 16.1 Å². The van der Waals surface area contributed by atoms with Crippen LogP contribution in [0.15, 0.2) is 23.1 Å². The van der Waals surface area contributed by atoms with Crippen molar-refractivity contribution in [1.82, 2.24) is 15.1 Å². The lowest BCUT2D eigenvalue weighted by Gasteiger charge is -2.30. The molecule has 1 fully saturated rings. The molecule has 1 atom stereocenters. The van der Waals surface area contributed by atoms with Crippen molar-refractivity contribution >= 4 is 29.9 Å². The highest BCUT2D eigenvalue weighted by Gasteiger charge is 2.30. The summed E-state index contributed by atoms with van der Waals surface area (Å²) >= 11 is 1.78. The van der Waals surface area contributed by atoms with E-state index in [2.05, 4.69) is 44.0 Å². The maximum Gasteiger partial charge on any atom is 0.243 e. The molecule has 0 aromatic heterocycles. The Labute approximate surface area is 197 Å². The van der Waals surface area contributed by atoms with Crippen LogP contribution in [0.3, 0.4) is 0 Å². The molecular formula is C25H39N3O3S. The number of piperidine rings is 1. The Morgan fingerprint density at radius 2 is 1.84 bits per heavy atom. The largest absolute Gasteiger partial charge is 0.299 e. The zero-order chi connectivity index (χ0) is 23.7. The number of hydrogen-bond acceptors (Lipinski definition) is 6. The molecule has 32 heavy (non-hydrogen) atoms. The maximum atomic E-state index is 12.2. The van der Waals surface area contributed by atoms with Crippen molar-refractivity contribution < 1.29 is 14.4 Å². The van der Waals surface area contributed by atoms with Gasteiger partial charge in [-0.25, -0.2) is 0 Å². The monoisotopic (exact) mass is 461 g/mol. The van der Waals surface area contributed by atoms with Gasteiger partial charge in [0.05, 0.1) is 6.04 Å². The average molecular weight is 462 g/mol. The molecule has 0 bridgehead atoms. The summed E-state index contributed by atoms with van der Waals surface area (Å²) in [6, 6.07) is 6.60. The zero-order valence-corrected chi connectivity index (χ0v) is 21.0. The molecule has 0 radical (unpaired) electrons. The quantitative estimate of drug-likeness (QED) is 0.206. The van der Waals surface area contributed by atoms with Gasteiger partial charge in [-0.3, -0.25) is 29.5 Å². The molecule has 2 rings (SSSR count). The number of carbonyl (C=O) groups excluding carboxylic acids is 3. The SMILES string of the molecule is CC(C)N(CCCCCSc1cccc(C=O)c1CN(C)C1CCC(=O)NC1=O)C(C)C. The lowest BCUT2D eigenvalue weighted by Crippen LogP contribution is -2.51. The van der Waals surface area contributed by atoms with Gasteiger partial charge in [-0.2, -0.15) is 0 Å². The summed E-state index contributed by atoms with van der Waals surface area (Å²) in [5.41, 5.74) is 1.63. The van der Waals surface area contributed by atoms with Gasteiger partial charge in [0.2, 0.25) is 11.8 Å². The molecule has 1 aromatic carbocycles. The molecule has 6 nitrogen and oxygen atoms in total. The molecule has 0 spiro atoms. The average Bonchev–Trinajstić information content (AvgIpc) is 2.73. The number of aldehydes is 1. The summed E-state index contributed by atoms with van der Waals surface area (Å²) < 4.78 is 0. The van der Waals surface area contributed by atoms with Crippen molar-refractivity contribution in [2.45, 2.75) is 89.4 Å². The van der Waals surface area contributed by atoms with Gasteiger partial charge in [0.15, 0.2) is 0 Å². The first-order chi connectivity index (χ1) is 15.2. The van der Waals surface area contributed by atoms with Crippen LogP contribution in [0, 0.1) is 0 Å². The Balaban J connectivity index is 1.92. The standard InChI is InChI=1S/C25H39N3O3S/c1-18(2)28(19(3)4)14-7-6-8-15-32-23-11-9-10-20(17-29)21(23)16-27(5)22-12-13-24(30)26-25(22)31/h9-11,17-19,22H,6-8,12-16H2,1-5H3,(H,26,30,31). The summed E-state index contributed by atoms with van der Waals surface area (Å²) in [6.45, 7) is 10.6. The Kier molecular flexibility index (Phi) is 10.9. The molecule has 7 heteroatoms. The number of hydrogen-bond donors (Lipinski definition) is 1. The second kappa shape index (κ2) is 13.1. The Bertz CT molecular complexity index is 774. The molecule has 0 saturated carbocycles. The number of nitrogens with zero attached hydrogens (tertiary/aromatic N) is 2. The first-order valence-electron chi connectivity index (χ1n) is 11.7. The fourth-order valence-electron chi connectivity index (χ4n) is 4.33. The highest BCUT2D eigenvalue weighted by atomic mass is 32.2. The number of thioether (sulfide) groups is 1. The van der Waals surface area contributed by atoms with Gasteiger partial charge in [-0.05, 0) is 77.9 Å². The topological polar surface area (TPSA) is 69.7 Å². The van der Waals surface area contributed by atoms with Crippen LogP contribution in [-0.4, -0.2) is 65.4 Å². The molecule has 178 valence electrons. The van der Waals surface area contributed by atoms with Gasteiger partial charge in [0, 0.05) is 35.5 Å². The summed E-state index contributed by atoms with van der Waals surface area (Å²) in [7, 11) is 1.88. The van der Waals surface area contributed by atoms with Crippen LogP contribution in [0.4, 0.5) is 0 Å². The lowest BCUT2D eigenvalue weighted by molar-refractivity contribution is -0.137. The van der Waals surface area contributed by atoms with Crippen LogP contribution >= 0.6 is 11.8 Å². The smallest absolute Gasteiger partial charge is 0.243 e. The molecule has 1 N–H and O–H groups in total. The summed E-state index contributed by atoms with van der Waals surface area (Å²) in [6.07, 6.45) is 5.25. The Morgan fingerprint density at radius 3 is 2.47 bits per heavy atom. The van der Waals surface area contributed by atoms with E-state index in [9.17, 15) is 14.4 Å². The van der Waals surface area contributed by atoms with Gasteiger partial charge in [0.25, 0.3) is 0 Å². The number of rotatable bonds is 13. The zero-order valence-electron chi connectivity index (χ0n) is 20.2. The second-order valence-corrected chi connectivity index (χ2v) is 10.3. The van der Waals surface area contributed by atoms with Crippen molar-refractivity contribution in [3.8, 4) is 0 Å². The van der Waals surface area contributed by atoms with E-state index in [1.165, 1.54) is 12.8 Å². The van der Waals surface area contributed by atoms with E-state index in [-0.39, 0.29) is 17.9 Å². The number of imide groups is 1. The summed E-state index contributed by atoms with van der Waals surface area (Å²) in [5.74, 6) is 0.535. The number of likely N-dealkylation sites (N-methyl/N-ethyl adjacent to an activating group) is 1. The van der Waals surface area contributed by atoms with Crippen LogP contribution in [0.2, 0.25) is 0 Å². The maximum absolute atomic E-state index is 12.2. The van der Waals surface area contributed by atoms with Crippen molar-refractivity contribution in [3.05, 3.63) is 29.3 Å². The van der Waals surface area contributed by atoms with Crippen LogP contribution < -0.4 is 5.32 Å². The predicted octanol–water partition coefficient (Wildman–Crippen LogP) is 4.12. The molecule has 1 unspecified atom stereocenters. The van der Waals surface area contributed by atoms with Crippen molar-refractivity contribution in [2.24, 2.45) is 0 Å². The van der Waals surface area contributed by atoms with Crippen molar-refractivity contribution in [1.29, 1.82) is 0 Å². The van der Waals surface area contributed by atoms with Crippen LogP contribution in [0.25, 0.3) is 0 Å². The van der Waals surface area contributed by atoms with E-state index >= 15 is 0 Å². The van der Waals surface area contributed by atoms with Gasteiger partial charge in [-0.15, -0.1) is 11.8 Å². The molecule has 1 aliphatic heterocycles. The minimum absolute atomic E-state index is 0.214. The van der Waals surface area contributed by atoms with E-state index in [4.69, 9.17) is 0 Å². The van der Waals surface area contributed by atoms with E-state index in [0.717, 1.165) is 35.5 Å². The molecule has 1 saturated heterocycles. The Morgan fingerprint density at radius 1 is 1.12 bits per heavy atom. The predicted molar refractivity (Wildman–Crippen MR) is 131 cm³/mol. The summed E-state index contributed by atoms with van der Waals surface area (Å²) in [5, 5.41) is 2.42. The Hall–Kier alpha value is -1.70. The third kappa shape index (κ3) is 7.71. The van der Waals surface area contributed by atoms with Crippen LogP contribution in [0.1, 0.15) is 75.7 Å². The number of unbranched alkanes of at least 4 members (excludes halogenated alkanes) is 2. The van der Waals surface area contributed by atoms with Crippen molar-refractivity contribution in [3.63, 3.8) is 0 Å². The van der Waals surface area contributed by atoms with Gasteiger partial charge in [-0.1, -0.05) is 18.6 Å². The number of amides is 2. The summed E-state index contributed by atoms with van der Waals surface area (Å²) in [4.78, 5) is 40.9. The minimum Gasteiger partial charge on any atom is -0.299 e. The number of carbonyl (C=O) groups is 3. The normalized spacial score (nSPS) is 17.0. The van der Waals surface area contributed by atoms with E-state index in [1.807, 2.05) is 24.1 Å². The van der Waals surface area contributed by atoms with Gasteiger partial charge < -0.3 is 0 Å². The number of benzene rings is 1. The lowest BCUT2D eigenvalue weighted by atomic mass is 10.0. The molecule has 1 aliphatic rings. The minimum atomic E-state index is -0.352. The van der Waals surface area contributed by atoms with E-state index in [1.54, 1.807) is 11.8 Å². The van der Waals surface area contributed by atoms with E-state index in [0.29, 0.717) is 37.0 Å². The fraction of sp³-hybridized carbons (Fsp3) is 0.640. The van der Waals surface area contributed by atoms with E-state index < -0.39 is 0 Å². The van der Waals surface area contributed by atoms with Gasteiger partial charge >= 0.3 is 0 Å². The van der Waals surface area contributed by atoms with Gasteiger partial charge in [0.1, 0.15) is 6.29 Å². The third-order valence-corrected chi connectivity index (χ3v) is 7.28. The van der Waals surface area contributed by atoms with Crippen molar-refractivity contribution in [2.75, 3.05) is 19.3 Å².